The van der Waals surface area contributed by atoms with Gasteiger partial charge in [-0.05, 0) is 42.0 Å². The highest BCUT2D eigenvalue weighted by atomic mass is 16.5. The van der Waals surface area contributed by atoms with E-state index >= 15 is 0 Å². The second-order valence-corrected chi connectivity index (χ2v) is 8.37. The Kier molecular flexibility index (Phi) is 7.97. The van der Waals surface area contributed by atoms with E-state index in [1.54, 1.807) is 24.3 Å². The SMILES string of the molecule is CCC(=O)N(CCN1CCOCC1)CC(=O)N1N=C(c2ccc(OC)cc2)C[C@H]1c1ccco1. The Hall–Kier alpha value is -3.17. The molecule has 0 bridgehead atoms. The Morgan fingerprint density at radius 2 is 1.94 bits per heavy atom. The van der Waals surface area contributed by atoms with Crippen molar-refractivity contribution in [2.45, 2.75) is 25.8 Å². The molecule has 2 amide bonds. The van der Waals surface area contributed by atoms with Gasteiger partial charge in [-0.25, -0.2) is 5.01 Å². The van der Waals surface area contributed by atoms with Crippen LogP contribution in [0.3, 0.4) is 0 Å². The molecule has 1 aromatic heterocycles. The summed E-state index contributed by atoms with van der Waals surface area (Å²) in [6.07, 6.45) is 2.47. The van der Waals surface area contributed by atoms with Gasteiger partial charge >= 0.3 is 0 Å². The third kappa shape index (κ3) is 5.66. The van der Waals surface area contributed by atoms with Gasteiger partial charge in [-0.2, -0.15) is 5.10 Å². The number of furan rings is 1. The van der Waals surface area contributed by atoms with E-state index in [0.29, 0.717) is 44.9 Å². The Balaban J connectivity index is 1.50. The number of hydrogen-bond donors (Lipinski definition) is 0. The molecule has 0 radical (unpaired) electrons. The highest BCUT2D eigenvalue weighted by Crippen LogP contribution is 2.33. The number of morpholine rings is 1. The number of rotatable bonds is 9. The molecule has 1 saturated heterocycles. The van der Waals surface area contributed by atoms with Gasteiger partial charge in [0.2, 0.25) is 5.91 Å². The first-order valence-electron chi connectivity index (χ1n) is 11.7. The highest BCUT2D eigenvalue weighted by molar-refractivity contribution is 6.03. The first-order chi connectivity index (χ1) is 16.6. The van der Waals surface area contributed by atoms with E-state index in [9.17, 15) is 9.59 Å². The average molecular weight is 469 g/mol. The van der Waals surface area contributed by atoms with Crippen LogP contribution in [0.5, 0.6) is 5.75 Å². The van der Waals surface area contributed by atoms with Crippen LogP contribution >= 0.6 is 0 Å². The Bertz CT molecular complexity index is 983. The summed E-state index contributed by atoms with van der Waals surface area (Å²) in [4.78, 5) is 30.0. The van der Waals surface area contributed by atoms with Gasteiger partial charge < -0.3 is 18.8 Å². The van der Waals surface area contributed by atoms with Crippen LogP contribution in [-0.4, -0.2) is 85.4 Å². The molecular formula is C25H32N4O5. The van der Waals surface area contributed by atoms with Crippen LogP contribution in [0.25, 0.3) is 0 Å². The zero-order chi connectivity index (χ0) is 23.9. The molecule has 34 heavy (non-hydrogen) atoms. The minimum absolute atomic E-state index is 0.0202. The quantitative estimate of drug-likeness (QED) is 0.562. The third-order valence-corrected chi connectivity index (χ3v) is 6.23. The normalized spacial score (nSPS) is 18.6. The predicted octanol–water partition coefficient (Wildman–Crippen LogP) is 2.54. The largest absolute Gasteiger partial charge is 0.497 e. The second-order valence-electron chi connectivity index (χ2n) is 8.37. The molecular weight excluding hydrogens is 436 g/mol. The van der Waals surface area contributed by atoms with Crippen LogP contribution in [0, 0.1) is 0 Å². The molecule has 1 fully saturated rings. The fraction of sp³-hybridized carbons (Fsp3) is 0.480. The van der Waals surface area contributed by atoms with Crippen molar-refractivity contribution < 1.29 is 23.5 Å². The molecule has 9 nitrogen and oxygen atoms in total. The zero-order valence-electron chi connectivity index (χ0n) is 19.8. The number of hydrogen-bond acceptors (Lipinski definition) is 7. The summed E-state index contributed by atoms with van der Waals surface area (Å²) in [5, 5.41) is 6.15. The number of nitrogens with zero attached hydrogens (tertiary/aromatic N) is 4. The number of carbonyl (C=O) groups excluding carboxylic acids is 2. The lowest BCUT2D eigenvalue weighted by Crippen LogP contribution is -2.46. The highest BCUT2D eigenvalue weighted by Gasteiger charge is 2.36. The molecule has 0 N–H and O–H groups in total. The summed E-state index contributed by atoms with van der Waals surface area (Å²) >= 11 is 0. The van der Waals surface area contributed by atoms with Crippen LogP contribution in [-0.2, 0) is 14.3 Å². The molecule has 0 spiro atoms. The van der Waals surface area contributed by atoms with Crippen molar-refractivity contribution >= 4 is 17.5 Å². The number of amides is 2. The lowest BCUT2D eigenvalue weighted by molar-refractivity contribution is -0.142. The van der Waals surface area contributed by atoms with Crippen LogP contribution in [0.4, 0.5) is 0 Å². The predicted molar refractivity (Wildman–Crippen MR) is 127 cm³/mol. The van der Waals surface area contributed by atoms with E-state index in [1.807, 2.05) is 37.3 Å². The molecule has 0 aliphatic carbocycles. The summed E-state index contributed by atoms with van der Waals surface area (Å²) in [5.41, 5.74) is 1.71. The van der Waals surface area contributed by atoms with Crippen LogP contribution in [0.1, 0.15) is 37.1 Å². The molecule has 1 atom stereocenters. The average Bonchev–Trinajstić information content (AvgIpc) is 3.57. The molecule has 1 aromatic carbocycles. The van der Waals surface area contributed by atoms with Crippen molar-refractivity contribution in [2.75, 3.05) is 53.0 Å². The first kappa shape index (κ1) is 24.0. The molecule has 182 valence electrons. The van der Waals surface area contributed by atoms with Crippen LogP contribution in [0.15, 0.2) is 52.2 Å². The van der Waals surface area contributed by atoms with Crippen molar-refractivity contribution in [1.82, 2.24) is 14.8 Å². The molecule has 2 aliphatic rings. The van der Waals surface area contributed by atoms with Gasteiger partial charge in [0, 0.05) is 39.0 Å². The lowest BCUT2D eigenvalue weighted by Gasteiger charge is -2.30. The van der Waals surface area contributed by atoms with Gasteiger partial charge in [0.15, 0.2) is 0 Å². The third-order valence-electron chi connectivity index (χ3n) is 6.23. The fourth-order valence-electron chi connectivity index (χ4n) is 4.24. The van der Waals surface area contributed by atoms with Crippen molar-refractivity contribution in [3.63, 3.8) is 0 Å². The van der Waals surface area contributed by atoms with Gasteiger partial charge in [-0.15, -0.1) is 0 Å². The van der Waals surface area contributed by atoms with E-state index < -0.39 is 0 Å². The Morgan fingerprint density at radius 1 is 1.18 bits per heavy atom. The number of ether oxygens (including phenoxy) is 2. The number of benzene rings is 1. The number of hydrazone groups is 1. The molecule has 9 heteroatoms. The van der Waals surface area contributed by atoms with Crippen molar-refractivity contribution in [1.29, 1.82) is 0 Å². The summed E-state index contributed by atoms with van der Waals surface area (Å²) in [6.45, 7) is 6.07. The van der Waals surface area contributed by atoms with Crippen LogP contribution in [0.2, 0.25) is 0 Å². The number of carbonyl (C=O) groups is 2. The summed E-state index contributed by atoms with van der Waals surface area (Å²) in [5.74, 6) is 1.15. The Morgan fingerprint density at radius 3 is 2.59 bits per heavy atom. The van der Waals surface area contributed by atoms with Gasteiger partial charge in [-0.1, -0.05) is 6.92 Å². The summed E-state index contributed by atoms with van der Waals surface area (Å²) in [6, 6.07) is 10.9. The van der Waals surface area contributed by atoms with E-state index in [0.717, 1.165) is 30.1 Å². The van der Waals surface area contributed by atoms with Crippen molar-refractivity contribution in [2.24, 2.45) is 5.10 Å². The smallest absolute Gasteiger partial charge is 0.262 e. The van der Waals surface area contributed by atoms with Gasteiger partial charge in [0.25, 0.3) is 5.91 Å². The second kappa shape index (κ2) is 11.3. The van der Waals surface area contributed by atoms with Gasteiger partial charge in [-0.3, -0.25) is 14.5 Å². The number of methoxy groups -OCH3 is 1. The molecule has 2 aliphatic heterocycles. The van der Waals surface area contributed by atoms with Crippen LogP contribution < -0.4 is 4.74 Å². The maximum Gasteiger partial charge on any atom is 0.262 e. The van der Waals surface area contributed by atoms with E-state index in [1.165, 1.54) is 5.01 Å². The van der Waals surface area contributed by atoms with E-state index in [-0.39, 0.29) is 24.4 Å². The molecule has 4 rings (SSSR count). The minimum Gasteiger partial charge on any atom is -0.497 e. The van der Waals surface area contributed by atoms with Gasteiger partial charge in [0.1, 0.15) is 24.1 Å². The Labute approximate surface area is 199 Å². The maximum absolute atomic E-state index is 13.4. The van der Waals surface area contributed by atoms with E-state index in [2.05, 4.69) is 10.0 Å². The van der Waals surface area contributed by atoms with Crippen molar-refractivity contribution in [3.05, 3.63) is 54.0 Å². The molecule has 2 aromatic rings. The summed E-state index contributed by atoms with van der Waals surface area (Å²) in [7, 11) is 1.62. The van der Waals surface area contributed by atoms with E-state index in [4.69, 9.17) is 13.9 Å². The van der Waals surface area contributed by atoms with Gasteiger partial charge in [0.05, 0.1) is 32.3 Å². The molecule has 0 unspecified atom stereocenters. The lowest BCUT2D eigenvalue weighted by atomic mass is 10.0. The zero-order valence-corrected chi connectivity index (χ0v) is 19.8. The topological polar surface area (TPSA) is 87.8 Å². The fourth-order valence-corrected chi connectivity index (χ4v) is 4.24. The van der Waals surface area contributed by atoms with Crippen molar-refractivity contribution in [3.8, 4) is 5.75 Å². The maximum atomic E-state index is 13.4. The minimum atomic E-state index is -0.350. The standard InChI is InChI=1S/C25H32N4O5/c1-3-24(30)28(11-10-27-12-15-33-16-13-27)18-25(31)29-22(23-5-4-14-34-23)17-21(26-29)19-6-8-20(32-2)9-7-19/h4-9,14,22H,3,10-13,15-18H2,1-2H3/t22-/m0/s1. The molecule has 3 heterocycles. The first-order valence-corrected chi connectivity index (χ1v) is 11.7. The summed E-state index contributed by atoms with van der Waals surface area (Å²) < 4.78 is 16.3. The monoisotopic (exact) mass is 468 g/mol. The molecule has 0 saturated carbocycles.